The minimum absolute atomic E-state index is 0.0548. The Labute approximate surface area is 337 Å². The number of fused-ring (bicyclic) bond motifs is 1. The van der Waals surface area contributed by atoms with Gasteiger partial charge in [0, 0.05) is 36.4 Å². The van der Waals surface area contributed by atoms with Crippen molar-refractivity contribution in [3.63, 3.8) is 0 Å². The highest BCUT2D eigenvalue weighted by Gasteiger charge is 2.53. The van der Waals surface area contributed by atoms with E-state index in [1.807, 2.05) is 20.8 Å². The number of hydrogen-bond donors (Lipinski definition) is 3. The molecule has 57 heavy (non-hydrogen) atoms. The van der Waals surface area contributed by atoms with Crippen LogP contribution in [0.15, 0.2) is 23.1 Å². The van der Waals surface area contributed by atoms with E-state index in [4.69, 9.17) is 18.9 Å². The summed E-state index contributed by atoms with van der Waals surface area (Å²) in [6.45, 7) is 10.4. The van der Waals surface area contributed by atoms with Crippen molar-refractivity contribution in [2.24, 2.45) is 29.1 Å². The van der Waals surface area contributed by atoms with Crippen LogP contribution in [0, 0.1) is 29.1 Å². The molecule has 0 aromatic carbocycles. The van der Waals surface area contributed by atoms with Gasteiger partial charge in [-0.25, -0.2) is 9.78 Å². The summed E-state index contributed by atoms with van der Waals surface area (Å²) in [4.78, 5) is 81.0. The first-order chi connectivity index (χ1) is 26.9. The Balaban J connectivity index is 1.10. The van der Waals surface area contributed by atoms with Crippen LogP contribution in [0.3, 0.4) is 0 Å². The largest absolute Gasteiger partial charge is 0.458 e. The standard InChI is InChI=1S/C41H57N3O12S/c1-23-8-7-15-41(6)31(56-41)17-29(55-35(48)18-30(45)40(4,5)37(50)25(3)36(23)49)24(2)16-28-21-57-32(43-28)19-42-39(52)54-22-53-38(51)27-11-9-26(10-12-27)20-44-33(46)13-14-34(44)47/h13-14,16,21,23,25-27,29-31,36,45,49H,7-12,15,17-20,22H2,1-6H3,(H,42,52)/b24-16+/t23-,25+,26?,27?,29-,30-,31-,36-,41+/m0/s1. The Bertz CT molecular complexity index is 1710. The quantitative estimate of drug-likeness (QED) is 0.135. The highest BCUT2D eigenvalue weighted by atomic mass is 32.1. The van der Waals surface area contributed by atoms with Gasteiger partial charge >= 0.3 is 18.0 Å². The molecule has 1 aromatic heterocycles. The number of ether oxygens (including phenoxy) is 4. The van der Waals surface area contributed by atoms with E-state index in [1.165, 1.54) is 28.4 Å². The smallest absolute Gasteiger partial charge is 0.410 e. The summed E-state index contributed by atoms with van der Waals surface area (Å²) >= 11 is 1.30. The average molecular weight is 816 g/mol. The van der Waals surface area contributed by atoms with E-state index in [-0.39, 0.29) is 48.0 Å². The van der Waals surface area contributed by atoms with Crippen molar-refractivity contribution >= 4 is 53.0 Å². The number of carbonyl (C=O) groups is 6. The van der Waals surface area contributed by atoms with Gasteiger partial charge in [-0.1, -0.05) is 34.1 Å². The summed E-state index contributed by atoms with van der Waals surface area (Å²) in [5, 5.41) is 27.0. The van der Waals surface area contributed by atoms with Gasteiger partial charge < -0.3 is 34.5 Å². The molecule has 1 saturated carbocycles. The van der Waals surface area contributed by atoms with E-state index in [2.05, 4.69) is 10.3 Å². The maximum absolute atomic E-state index is 13.4. The number of nitrogens with one attached hydrogen (secondary N) is 1. The first kappa shape index (κ1) is 44.1. The third-order valence-electron chi connectivity index (χ3n) is 12.2. The first-order valence-corrected chi connectivity index (χ1v) is 20.8. The Morgan fingerprint density at radius 1 is 1.04 bits per heavy atom. The van der Waals surface area contributed by atoms with Gasteiger partial charge in [0.1, 0.15) is 16.9 Å². The third-order valence-corrected chi connectivity index (χ3v) is 13.0. The van der Waals surface area contributed by atoms with Crippen LogP contribution in [0.2, 0.25) is 0 Å². The molecule has 0 bridgehead atoms. The number of ketones is 1. The molecule has 3 aliphatic heterocycles. The molecule has 3 N–H and O–H groups in total. The highest BCUT2D eigenvalue weighted by molar-refractivity contribution is 7.09. The normalized spacial score (nSPS) is 32.7. The molecule has 1 aliphatic carbocycles. The predicted molar refractivity (Wildman–Crippen MR) is 207 cm³/mol. The fourth-order valence-electron chi connectivity index (χ4n) is 8.00. The van der Waals surface area contributed by atoms with Crippen molar-refractivity contribution in [3.05, 3.63) is 33.8 Å². The van der Waals surface area contributed by atoms with Gasteiger partial charge in [0.25, 0.3) is 11.8 Å². The molecule has 3 fully saturated rings. The molecule has 1 aromatic rings. The van der Waals surface area contributed by atoms with Crippen molar-refractivity contribution in [1.29, 1.82) is 0 Å². The second kappa shape index (κ2) is 18.7. The SMILES string of the molecule is C/C(=C\c1csc(CNC(=O)OCOC(=O)C2CCC(CN3C(=O)C=CC3=O)CC2)n1)[C@@H]1C[C@@H]2O[C@]2(C)CCC[C@H](C)[C@H](O)[C@@H](C)C(=O)C(C)(C)[C@@H](O)CC(=O)O1. The fourth-order valence-corrected chi connectivity index (χ4v) is 8.69. The highest BCUT2D eigenvalue weighted by Crippen LogP contribution is 2.45. The summed E-state index contributed by atoms with van der Waals surface area (Å²) < 4.78 is 22.3. The summed E-state index contributed by atoms with van der Waals surface area (Å²) in [6.07, 6.45) is 5.08. The van der Waals surface area contributed by atoms with E-state index in [0.717, 1.165) is 12.8 Å². The molecule has 5 rings (SSSR count). The maximum Gasteiger partial charge on any atom is 0.410 e. The molecule has 7 atom stereocenters. The van der Waals surface area contributed by atoms with Crippen LogP contribution in [0.5, 0.6) is 0 Å². The topological polar surface area (TPSA) is 211 Å². The minimum Gasteiger partial charge on any atom is -0.458 e. The van der Waals surface area contributed by atoms with E-state index >= 15 is 0 Å². The first-order valence-electron chi connectivity index (χ1n) is 19.9. The number of Topliss-reactive ketones (excluding diaryl/α,β-unsaturated/α-hetero) is 1. The third kappa shape index (κ3) is 11.4. The Morgan fingerprint density at radius 2 is 1.72 bits per heavy atom. The molecule has 4 aliphatic rings. The van der Waals surface area contributed by atoms with Crippen LogP contribution in [-0.4, -0.2) is 99.1 Å². The van der Waals surface area contributed by atoms with Crippen molar-refractivity contribution in [1.82, 2.24) is 15.2 Å². The van der Waals surface area contributed by atoms with E-state index in [1.54, 1.807) is 32.2 Å². The number of carbonyl (C=O) groups excluding carboxylic acids is 6. The second-order valence-corrected chi connectivity index (χ2v) is 17.8. The van der Waals surface area contributed by atoms with E-state index in [0.29, 0.717) is 61.3 Å². The lowest BCUT2D eigenvalue weighted by molar-refractivity contribution is -0.159. The monoisotopic (exact) mass is 815 g/mol. The molecule has 314 valence electrons. The van der Waals surface area contributed by atoms with Gasteiger partial charge in [-0.05, 0) is 75.9 Å². The number of esters is 2. The zero-order chi connectivity index (χ0) is 41.7. The van der Waals surface area contributed by atoms with Gasteiger partial charge in [-0.2, -0.15) is 0 Å². The second-order valence-electron chi connectivity index (χ2n) is 16.8. The number of alkyl carbamates (subject to hydrolysis) is 1. The van der Waals surface area contributed by atoms with Gasteiger partial charge in [0.2, 0.25) is 6.79 Å². The summed E-state index contributed by atoms with van der Waals surface area (Å²) in [7, 11) is 0. The van der Waals surface area contributed by atoms with Crippen molar-refractivity contribution < 1.29 is 57.9 Å². The van der Waals surface area contributed by atoms with Crippen LogP contribution in [0.4, 0.5) is 4.79 Å². The van der Waals surface area contributed by atoms with Crippen LogP contribution in [-0.2, 0) is 49.5 Å². The molecule has 16 heteroatoms. The Morgan fingerprint density at radius 3 is 2.40 bits per heavy atom. The maximum atomic E-state index is 13.4. The molecule has 0 unspecified atom stereocenters. The van der Waals surface area contributed by atoms with Crippen molar-refractivity contribution in [2.75, 3.05) is 13.3 Å². The summed E-state index contributed by atoms with van der Waals surface area (Å²) in [6, 6.07) is 0. The molecule has 0 spiro atoms. The number of aliphatic hydroxyl groups excluding tert-OH is 2. The van der Waals surface area contributed by atoms with E-state index < -0.39 is 66.5 Å². The molecule has 4 heterocycles. The summed E-state index contributed by atoms with van der Waals surface area (Å²) in [5.41, 5.74) is -0.430. The van der Waals surface area contributed by atoms with Gasteiger partial charge in [-0.15, -0.1) is 11.3 Å². The predicted octanol–water partition coefficient (Wildman–Crippen LogP) is 4.63. The number of cyclic esters (lactones) is 1. The minimum atomic E-state index is -1.33. The fraction of sp³-hybridized carbons (Fsp3) is 0.683. The molecule has 0 radical (unpaired) electrons. The molecular weight excluding hydrogens is 759 g/mol. The lowest BCUT2D eigenvalue weighted by atomic mass is 9.73. The number of amides is 3. The number of aromatic nitrogens is 1. The molecule has 15 nitrogen and oxygen atoms in total. The summed E-state index contributed by atoms with van der Waals surface area (Å²) in [5.74, 6) is -3.18. The number of thiazole rings is 1. The number of nitrogens with zero attached hydrogens (tertiary/aromatic N) is 2. The number of aliphatic hydroxyl groups is 2. The van der Waals surface area contributed by atoms with Crippen molar-refractivity contribution in [2.45, 2.75) is 136 Å². The van der Waals surface area contributed by atoms with Crippen LogP contribution >= 0.6 is 11.3 Å². The lowest BCUT2D eigenvalue weighted by Crippen LogP contribution is -2.45. The zero-order valence-electron chi connectivity index (χ0n) is 33.7. The van der Waals surface area contributed by atoms with Gasteiger partial charge in [0.05, 0.1) is 53.9 Å². The molecular formula is C41H57N3O12S. The van der Waals surface area contributed by atoms with Gasteiger partial charge in [0.15, 0.2) is 0 Å². The Hall–Kier alpha value is -3.99. The molecule has 2 saturated heterocycles. The van der Waals surface area contributed by atoms with Crippen molar-refractivity contribution in [3.8, 4) is 0 Å². The number of imide groups is 1. The van der Waals surface area contributed by atoms with Crippen LogP contribution in [0.25, 0.3) is 6.08 Å². The Kier molecular flexibility index (Phi) is 14.5. The number of hydrogen-bond acceptors (Lipinski definition) is 14. The average Bonchev–Trinajstić information content (AvgIpc) is 3.41. The number of rotatable bonds is 9. The lowest BCUT2D eigenvalue weighted by Gasteiger charge is -2.34. The van der Waals surface area contributed by atoms with Crippen LogP contribution < -0.4 is 5.32 Å². The molecule has 3 amide bonds. The van der Waals surface area contributed by atoms with Gasteiger partial charge in [-0.3, -0.25) is 28.9 Å². The number of epoxide rings is 1. The van der Waals surface area contributed by atoms with E-state index in [9.17, 15) is 39.0 Å². The zero-order valence-corrected chi connectivity index (χ0v) is 34.5. The van der Waals surface area contributed by atoms with Crippen LogP contribution in [0.1, 0.15) is 110 Å².